The van der Waals surface area contributed by atoms with E-state index in [9.17, 15) is 9.90 Å². The molecule has 0 aromatic carbocycles. The molecule has 0 aromatic rings. The van der Waals surface area contributed by atoms with E-state index in [2.05, 4.69) is 5.32 Å². The van der Waals surface area contributed by atoms with Gasteiger partial charge in [-0.05, 0) is 20.1 Å². The van der Waals surface area contributed by atoms with Gasteiger partial charge in [0.25, 0.3) is 0 Å². The third-order valence-electron chi connectivity index (χ3n) is 1.77. The Bertz CT molecular complexity index is 186. The molecular formula is C10H21NO3S. The van der Waals surface area contributed by atoms with Gasteiger partial charge in [-0.1, -0.05) is 0 Å². The smallest absolute Gasteiger partial charge is 0.307 e. The molecule has 0 aliphatic heterocycles. The SMILES string of the molecule is CCOC(=O)CCNCC(C)(O)CSC. The van der Waals surface area contributed by atoms with E-state index >= 15 is 0 Å². The molecule has 0 aliphatic carbocycles. The first-order valence-electron chi connectivity index (χ1n) is 5.09. The summed E-state index contributed by atoms with van der Waals surface area (Å²) in [5.41, 5.74) is -0.714. The lowest BCUT2D eigenvalue weighted by Crippen LogP contribution is -2.40. The summed E-state index contributed by atoms with van der Waals surface area (Å²) in [7, 11) is 0. The standard InChI is InChI=1S/C10H21NO3S/c1-4-14-9(12)5-6-11-7-10(2,13)8-15-3/h11,13H,4-8H2,1-3H3. The second-order valence-electron chi connectivity index (χ2n) is 3.66. The lowest BCUT2D eigenvalue weighted by Gasteiger charge is -2.22. The third-order valence-corrected chi connectivity index (χ3v) is 2.68. The Morgan fingerprint density at radius 1 is 1.60 bits per heavy atom. The fourth-order valence-electron chi connectivity index (χ4n) is 1.14. The van der Waals surface area contributed by atoms with Crippen molar-refractivity contribution in [1.82, 2.24) is 5.32 Å². The number of ether oxygens (including phenoxy) is 1. The molecular weight excluding hydrogens is 214 g/mol. The first-order valence-corrected chi connectivity index (χ1v) is 6.49. The van der Waals surface area contributed by atoms with Gasteiger partial charge in [0.2, 0.25) is 0 Å². The minimum atomic E-state index is -0.714. The van der Waals surface area contributed by atoms with Crippen LogP contribution in [0.25, 0.3) is 0 Å². The van der Waals surface area contributed by atoms with Crippen molar-refractivity contribution >= 4 is 17.7 Å². The minimum absolute atomic E-state index is 0.200. The number of hydrogen-bond donors (Lipinski definition) is 2. The zero-order valence-electron chi connectivity index (χ0n) is 9.71. The molecule has 0 saturated carbocycles. The van der Waals surface area contributed by atoms with E-state index in [0.29, 0.717) is 31.9 Å². The molecule has 1 unspecified atom stereocenters. The molecule has 0 saturated heterocycles. The highest BCUT2D eigenvalue weighted by molar-refractivity contribution is 7.98. The van der Waals surface area contributed by atoms with Crippen LogP contribution in [0.1, 0.15) is 20.3 Å². The zero-order chi connectivity index (χ0) is 11.7. The normalized spacial score (nSPS) is 14.7. The number of carbonyl (C=O) groups is 1. The third kappa shape index (κ3) is 8.72. The molecule has 0 amide bonds. The highest BCUT2D eigenvalue weighted by atomic mass is 32.2. The lowest BCUT2D eigenvalue weighted by atomic mass is 10.1. The Balaban J connectivity index is 3.49. The van der Waals surface area contributed by atoms with E-state index in [4.69, 9.17) is 4.74 Å². The Labute approximate surface area is 95.8 Å². The van der Waals surface area contributed by atoms with E-state index < -0.39 is 5.60 Å². The van der Waals surface area contributed by atoms with Gasteiger partial charge < -0.3 is 15.2 Å². The van der Waals surface area contributed by atoms with E-state index in [1.165, 1.54) is 0 Å². The van der Waals surface area contributed by atoms with Crippen molar-refractivity contribution < 1.29 is 14.6 Å². The van der Waals surface area contributed by atoms with Gasteiger partial charge in [0.1, 0.15) is 0 Å². The predicted octanol–water partition coefficient (Wildman–Crippen LogP) is 0.643. The Hall–Kier alpha value is -0.260. The first-order chi connectivity index (χ1) is 7.02. The van der Waals surface area contributed by atoms with Gasteiger partial charge in [-0.25, -0.2) is 0 Å². The van der Waals surface area contributed by atoms with Crippen molar-refractivity contribution in [3.63, 3.8) is 0 Å². The van der Waals surface area contributed by atoms with Crippen LogP contribution in [0.4, 0.5) is 0 Å². The summed E-state index contributed by atoms with van der Waals surface area (Å²) in [6.45, 7) is 5.02. The van der Waals surface area contributed by atoms with Crippen LogP contribution < -0.4 is 5.32 Å². The highest BCUT2D eigenvalue weighted by Crippen LogP contribution is 2.08. The maximum absolute atomic E-state index is 11.0. The van der Waals surface area contributed by atoms with Crippen LogP contribution in [0.3, 0.4) is 0 Å². The first kappa shape index (κ1) is 14.7. The molecule has 0 rings (SSSR count). The monoisotopic (exact) mass is 235 g/mol. The van der Waals surface area contributed by atoms with Gasteiger partial charge in [0, 0.05) is 18.8 Å². The van der Waals surface area contributed by atoms with Gasteiger partial charge in [0.05, 0.1) is 18.6 Å². The van der Waals surface area contributed by atoms with Crippen LogP contribution in [-0.4, -0.2) is 48.4 Å². The Morgan fingerprint density at radius 3 is 2.80 bits per heavy atom. The van der Waals surface area contributed by atoms with Crippen molar-refractivity contribution in [2.45, 2.75) is 25.9 Å². The molecule has 0 radical (unpaired) electrons. The summed E-state index contributed by atoms with van der Waals surface area (Å²) in [6, 6.07) is 0. The maximum atomic E-state index is 11.0. The van der Waals surface area contributed by atoms with Crippen molar-refractivity contribution in [1.29, 1.82) is 0 Å². The second kappa shape index (κ2) is 7.96. The number of hydrogen-bond acceptors (Lipinski definition) is 5. The molecule has 1 atom stereocenters. The van der Waals surface area contributed by atoms with Crippen LogP contribution >= 0.6 is 11.8 Å². The highest BCUT2D eigenvalue weighted by Gasteiger charge is 2.18. The van der Waals surface area contributed by atoms with E-state index in [0.717, 1.165) is 0 Å². The van der Waals surface area contributed by atoms with Gasteiger partial charge in [-0.3, -0.25) is 4.79 Å². The summed E-state index contributed by atoms with van der Waals surface area (Å²) < 4.78 is 4.78. The Kier molecular flexibility index (Phi) is 7.82. The predicted molar refractivity (Wildman–Crippen MR) is 63.1 cm³/mol. The maximum Gasteiger partial charge on any atom is 0.307 e. The molecule has 0 bridgehead atoms. The van der Waals surface area contributed by atoms with Gasteiger partial charge in [-0.15, -0.1) is 0 Å². The van der Waals surface area contributed by atoms with Crippen molar-refractivity contribution in [3.8, 4) is 0 Å². The quantitative estimate of drug-likeness (QED) is 0.478. The largest absolute Gasteiger partial charge is 0.466 e. The zero-order valence-corrected chi connectivity index (χ0v) is 10.5. The second-order valence-corrected chi connectivity index (χ2v) is 4.53. The molecule has 0 fully saturated rings. The minimum Gasteiger partial charge on any atom is -0.466 e. The van der Waals surface area contributed by atoms with Crippen LogP contribution in [0.5, 0.6) is 0 Å². The van der Waals surface area contributed by atoms with E-state index in [-0.39, 0.29) is 5.97 Å². The number of aliphatic hydroxyl groups is 1. The van der Waals surface area contributed by atoms with Crippen LogP contribution in [0, 0.1) is 0 Å². The summed E-state index contributed by atoms with van der Waals surface area (Å²) in [5.74, 6) is 0.480. The molecule has 90 valence electrons. The molecule has 5 heteroatoms. The molecule has 0 aliphatic rings. The molecule has 15 heavy (non-hydrogen) atoms. The van der Waals surface area contributed by atoms with E-state index in [1.807, 2.05) is 6.26 Å². The summed E-state index contributed by atoms with van der Waals surface area (Å²) in [4.78, 5) is 11.0. The summed E-state index contributed by atoms with van der Waals surface area (Å²) in [5, 5.41) is 12.8. The number of rotatable bonds is 8. The van der Waals surface area contributed by atoms with Gasteiger partial charge >= 0.3 is 5.97 Å². The topological polar surface area (TPSA) is 58.6 Å². The summed E-state index contributed by atoms with van der Waals surface area (Å²) in [6.07, 6.45) is 2.30. The van der Waals surface area contributed by atoms with Gasteiger partial charge in [-0.2, -0.15) is 11.8 Å². The lowest BCUT2D eigenvalue weighted by molar-refractivity contribution is -0.143. The van der Waals surface area contributed by atoms with Crippen LogP contribution in [-0.2, 0) is 9.53 Å². The average Bonchev–Trinajstić information content (AvgIpc) is 2.13. The van der Waals surface area contributed by atoms with E-state index in [1.54, 1.807) is 25.6 Å². The number of carbonyl (C=O) groups excluding carboxylic acids is 1. The number of thioether (sulfide) groups is 1. The fourth-order valence-corrected chi connectivity index (χ4v) is 1.87. The fraction of sp³-hybridized carbons (Fsp3) is 0.900. The van der Waals surface area contributed by atoms with Crippen molar-refractivity contribution in [3.05, 3.63) is 0 Å². The molecule has 0 heterocycles. The Morgan fingerprint density at radius 2 is 2.27 bits per heavy atom. The molecule has 0 aromatic heterocycles. The van der Waals surface area contributed by atoms with Crippen molar-refractivity contribution in [2.24, 2.45) is 0 Å². The van der Waals surface area contributed by atoms with Crippen molar-refractivity contribution in [2.75, 3.05) is 31.7 Å². The molecule has 4 nitrogen and oxygen atoms in total. The van der Waals surface area contributed by atoms with Crippen LogP contribution in [0.2, 0.25) is 0 Å². The van der Waals surface area contributed by atoms with Gasteiger partial charge in [0.15, 0.2) is 0 Å². The molecule has 2 N–H and O–H groups in total. The summed E-state index contributed by atoms with van der Waals surface area (Å²) >= 11 is 1.60. The van der Waals surface area contributed by atoms with Crippen LogP contribution in [0.15, 0.2) is 0 Å². The molecule has 0 spiro atoms. The number of nitrogens with one attached hydrogen (secondary N) is 1. The average molecular weight is 235 g/mol. The number of esters is 1.